The first-order chi connectivity index (χ1) is 7.02. The number of carbonyl (C=O) groups excluding carboxylic acids is 2. The van der Waals surface area contributed by atoms with Crippen LogP contribution in [0.1, 0.15) is 37.2 Å². The summed E-state index contributed by atoms with van der Waals surface area (Å²) in [6.45, 7) is 3.79. The molecule has 0 N–H and O–H groups in total. The molecule has 1 aliphatic rings. The maximum atomic E-state index is 11.9. The lowest BCUT2D eigenvalue weighted by molar-refractivity contribution is -0.126. The lowest BCUT2D eigenvalue weighted by atomic mass is 9.87. The molecule has 0 aromatic carbocycles. The van der Waals surface area contributed by atoms with Gasteiger partial charge in [-0.1, -0.05) is 13.8 Å². The van der Waals surface area contributed by atoms with Crippen LogP contribution >= 0.6 is 0 Å². The van der Waals surface area contributed by atoms with E-state index in [9.17, 15) is 9.59 Å². The van der Waals surface area contributed by atoms with Crippen molar-refractivity contribution in [1.29, 1.82) is 0 Å². The minimum absolute atomic E-state index is 0.0453. The maximum absolute atomic E-state index is 11.9. The van der Waals surface area contributed by atoms with Crippen molar-refractivity contribution in [2.75, 3.05) is 0 Å². The van der Waals surface area contributed by atoms with Gasteiger partial charge < -0.3 is 4.42 Å². The molecule has 1 heterocycles. The SMILES string of the molecule is CC1(C)CCC(C(=O)c2ccco2)C1=O. The predicted molar refractivity (Wildman–Crippen MR) is 54.6 cm³/mol. The molecule has 1 aromatic rings. The van der Waals surface area contributed by atoms with Crippen LogP contribution < -0.4 is 0 Å². The highest BCUT2D eigenvalue weighted by atomic mass is 16.3. The zero-order valence-electron chi connectivity index (χ0n) is 8.95. The summed E-state index contributed by atoms with van der Waals surface area (Å²) < 4.78 is 5.02. The maximum Gasteiger partial charge on any atom is 0.208 e. The summed E-state index contributed by atoms with van der Waals surface area (Å²) >= 11 is 0. The molecule has 15 heavy (non-hydrogen) atoms. The fourth-order valence-corrected chi connectivity index (χ4v) is 2.07. The molecule has 3 nitrogen and oxygen atoms in total. The van der Waals surface area contributed by atoms with E-state index in [1.165, 1.54) is 6.26 Å². The fourth-order valence-electron chi connectivity index (χ4n) is 2.07. The van der Waals surface area contributed by atoms with Crippen LogP contribution in [0.2, 0.25) is 0 Å². The van der Waals surface area contributed by atoms with Gasteiger partial charge in [-0.05, 0) is 25.0 Å². The largest absolute Gasteiger partial charge is 0.461 e. The van der Waals surface area contributed by atoms with Crippen LogP contribution in [0.5, 0.6) is 0 Å². The van der Waals surface area contributed by atoms with E-state index in [1.807, 2.05) is 13.8 Å². The van der Waals surface area contributed by atoms with Crippen molar-refractivity contribution in [3.63, 3.8) is 0 Å². The normalized spacial score (nSPS) is 24.4. The summed E-state index contributed by atoms with van der Waals surface area (Å²) in [7, 11) is 0. The van der Waals surface area contributed by atoms with E-state index in [4.69, 9.17) is 4.42 Å². The van der Waals surface area contributed by atoms with Crippen LogP contribution in [0.4, 0.5) is 0 Å². The Balaban J connectivity index is 2.21. The van der Waals surface area contributed by atoms with Gasteiger partial charge in [0.2, 0.25) is 5.78 Å². The third-order valence-corrected chi connectivity index (χ3v) is 3.12. The highest BCUT2D eigenvalue weighted by Crippen LogP contribution is 2.38. The molecule has 0 bridgehead atoms. The Kier molecular flexibility index (Phi) is 2.25. The second-order valence-electron chi connectivity index (χ2n) is 4.68. The van der Waals surface area contributed by atoms with Gasteiger partial charge in [-0.2, -0.15) is 0 Å². The van der Waals surface area contributed by atoms with Crippen molar-refractivity contribution in [3.05, 3.63) is 24.2 Å². The lowest BCUT2D eigenvalue weighted by Crippen LogP contribution is -2.26. The monoisotopic (exact) mass is 206 g/mol. The van der Waals surface area contributed by atoms with Gasteiger partial charge in [-0.15, -0.1) is 0 Å². The van der Waals surface area contributed by atoms with E-state index in [1.54, 1.807) is 12.1 Å². The lowest BCUT2D eigenvalue weighted by Gasteiger charge is -2.14. The first kappa shape index (κ1) is 10.1. The number of ketones is 2. The summed E-state index contributed by atoms with van der Waals surface area (Å²) in [4.78, 5) is 23.8. The van der Waals surface area contributed by atoms with Crippen molar-refractivity contribution >= 4 is 11.6 Å². The summed E-state index contributed by atoms with van der Waals surface area (Å²) in [5.41, 5.74) is -0.354. The molecule has 0 aliphatic heterocycles. The topological polar surface area (TPSA) is 47.3 Å². The van der Waals surface area contributed by atoms with Gasteiger partial charge in [0, 0.05) is 5.41 Å². The van der Waals surface area contributed by atoms with E-state index >= 15 is 0 Å². The van der Waals surface area contributed by atoms with Crippen molar-refractivity contribution in [1.82, 2.24) is 0 Å². The summed E-state index contributed by atoms with van der Waals surface area (Å²) in [5, 5.41) is 0. The molecule has 1 fully saturated rings. The van der Waals surface area contributed by atoms with Crippen molar-refractivity contribution in [2.45, 2.75) is 26.7 Å². The molecule has 80 valence electrons. The van der Waals surface area contributed by atoms with Gasteiger partial charge in [0.05, 0.1) is 12.2 Å². The zero-order valence-corrected chi connectivity index (χ0v) is 8.95. The molecule has 2 rings (SSSR count). The molecule has 1 aromatic heterocycles. The Morgan fingerprint density at radius 3 is 2.73 bits per heavy atom. The predicted octanol–water partition coefficient (Wildman–Crippen LogP) is 2.47. The smallest absolute Gasteiger partial charge is 0.208 e. The Labute approximate surface area is 88.5 Å². The molecule has 1 aliphatic carbocycles. The van der Waals surface area contributed by atoms with Crippen molar-refractivity contribution < 1.29 is 14.0 Å². The minimum Gasteiger partial charge on any atom is -0.461 e. The quantitative estimate of drug-likeness (QED) is 0.551. The molecular weight excluding hydrogens is 192 g/mol. The molecular formula is C12H14O3. The number of hydrogen-bond acceptors (Lipinski definition) is 3. The molecule has 1 atom stereocenters. The average molecular weight is 206 g/mol. The molecule has 0 amide bonds. The summed E-state index contributed by atoms with van der Waals surface area (Å²) in [5.74, 6) is -0.323. The highest BCUT2D eigenvalue weighted by Gasteiger charge is 2.44. The number of furan rings is 1. The second-order valence-corrected chi connectivity index (χ2v) is 4.68. The highest BCUT2D eigenvalue weighted by molar-refractivity contribution is 6.11. The van der Waals surface area contributed by atoms with Crippen LogP contribution in [0.25, 0.3) is 0 Å². The Morgan fingerprint density at radius 1 is 1.53 bits per heavy atom. The summed E-state index contributed by atoms with van der Waals surface area (Å²) in [6.07, 6.45) is 2.88. The van der Waals surface area contributed by atoms with Crippen LogP contribution in [-0.2, 0) is 4.79 Å². The molecule has 1 saturated carbocycles. The first-order valence-corrected chi connectivity index (χ1v) is 5.14. The van der Waals surface area contributed by atoms with E-state index in [0.29, 0.717) is 12.2 Å². The third kappa shape index (κ3) is 1.62. The van der Waals surface area contributed by atoms with E-state index < -0.39 is 5.92 Å². The first-order valence-electron chi connectivity index (χ1n) is 5.14. The molecule has 0 radical (unpaired) electrons. The number of hydrogen-bond donors (Lipinski definition) is 0. The molecule has 3 heteroatoms. The van der Waals surface area contributed by atoms with Crippen LogP contribution in [0, 0.1) is 11.3 Å². The van der Waals surface area contributed by atoms with E-state index in [2.05, 4.69) is 0 Å². The van der Waals surface area contributed by atoms with Crippen molar-refractivity contribution in [3.8, 4) is 0 Å². The van der Waals surface area contributed by atoms with Gasteiger partial charge >= 0.3 is 0 Å². The Morgan fingerprint density at radius 2 is 2.27 bits per heavy atom. The van der Waals surface area contributed by atoms with Gasteiger partial charge in [-0.25, -0.2) is 0 Å². The van der Waals surface area contributed by atoms with Crippen LogP contribution in [0.15, 0.2) is 22.8 Å². The van der Waals surface area contributed by atoms with E-state index in [0.717, 1.165) is 6.42 Å². The average Bonchev–Trinajstić information content (AvgIpc) is 2.76. The standard InChI is InChI=1S/C12H14O3/c1-12(2)6-5-8(11(12)14)10(13)9-4-3-7-15-9/h3-4,7-8H,5-6H2,1-2H3. The van der Waals surface area contributed by atoms with Crippen LogP contribution in [-0.4, -0.2) is 11.6 Å². The number of rotatable bonds is 2. The van der Waals surface area contributed by atoms with Gasteiger partial charge in [0.1, 0.15) is 5.78 Å². The third-order valence-electron chi connectivity index (χ3n) is 3.12. The van der Waals surface area contributed by atoms with Crippen molar-refractivity contribution in [2.24, 2.45) is 11.3 Å². The summed E-state index contributed by atoms with van der Waals surface area (Å²) in [6, 6.07) is 3.28. The Bertz CT molecular complexity index is 387. The molecule has 0 saturated heterocycles. The fraction of sp³-hybridized carbons (Fsp3) is 0.500. The molecule has 0 spiro atoms. The minimum atomic E-state index is -0.494. The molecule has 1 unspecified atom stereocenters. The second kappa shape index (κ2) is 3.33. The van der Waals surface area contributed by atoms with Gasteiger partial charge in [-0.3, -0.25) is 9.59 Å². The van der Waals surface area contributed by atoms with Crippen LogP contribution in [0.3, 0.4) is 0 Å². The van der Waals surface area contributed by atoms with Gasteiger partial charge in [0.15, 0.2) is 5.76 Å². The van der Waals surface area contributed by atoms with Gasteiger partial charge in [0.25, 0.3) is 0 Å². The number of carbonyl (C=O) groups is 2. The number of Topliss-reactive ketones (excluding diaryl/α,β-unsaturated/α-hetero) is 2. The Hall–Kier alpha value is -1.38. The zero-order chi connectivity index (χ0) is 11.1. The van der Waals surface area contributed by atoms with E-state index in [-0.39, 0.29) is 17.0 Å².